The van der Waals surface area contributed by atoms with Crippen LogP contribution in [0.3, 0.4) is 0 Å². The molecule has 1 aromatic heterocycles. The topological polar surface area (TPSA) is 37.8 Å². The molecule has 0 spiro atoms. The fourth-order valence-corrected chi connectivity index (χ4v) is 2.18. The van der Waals surface area contributed by atoms with Crippen LogP contribution in [0.15, 0.2) is 41.6 Å². The second kappa shape index (κ2) is 5.68. The molecular weight excluding hydrogens is 230 g/mol. The third-order valence-electron chi connectivity index (χ3n) is 2.37. The standard InChI is InChI=1S/C13H15N3S/c1-3-17-12-6-4-10(5-7-12)11-8-15-13(14-2)16-9-11/h4-9H,3H2,1-2H3,(H,14,15,16). The average Bonchev–Trinajstić information content (AvgIpc) is 2.40. The van der Waals surface area contributed by atoms with Crippen molar-refractivity contribution in [1.82, 2.24) is 9.97 Å². The molecule has 2 rings (SSSR count). The Morgan fingerprint density at radius 2 is 1.71 bits per heavy atom. The summed E-state index contributed by atoms with van der Waals surface area (Å²) in [6.45, 7) is 2.16. The van der Waals surface area contributed by atoms with Crippen molar-refractivity contribution in [3.8, 4) is 11.1 Å². The molecule has 1 aromatic carbocycles. The predicted molar refractivity (Wildman–Crippen MR) is 73.4 cm³/mol. The number of aromatic nitrogens is 2. The number of rotatable bonds is 4. The summed E-state index contributed by atoms with van der Waals surface area (Å²) in [7, 11) is 1.81. The molecule has 0 fully saturated rings. The smallest absolute Gasteiger partial charge is 0.222 e. The van der Waals surface area contributed by atoms with Crippen molar-refractivity contribution >= 4 is 17.7 Å². The van der Waals surface area contributed by atoms with E-state index in [0.29, 0.717) is 5.95 Å². The summed E-state index contributed by atoms with van der Waals surface area (Å²) in [5, 5.41) is 2.91. The van der Waals surface area contributed by atoms with Gasteiger partial charge in [-0.15, -0.1) is 11.8 Å². The molecule has 0 aliphatic rings. The number of hydrogen-bond acceptors (Lipinski definition) is 4. The zero-order valence-electron chi connectivity index (χ0n) is 9.97. The van der Waals surface area contributed by atoms with Gasteiger partial charge in [-0.25, -0.2) is 9.97 Å². The highest BCUT2D eigenvalue weighted by atomic mass is 32.2. The molecule has 0 saturated carbocycles. The Hall–Kier alpha value is -1.55. The third kappa shape index (κ3) is 2.97. The summed E-state index contributed by atoms with van der Waals surface area (Å²) in [5.74, 6) is 1.74. The fourth-order valence-electron chi connectivity index (χ4n) is 1.52. The highest BCUT2D eigenvalue weighted by molar-refractivity contribution is 7.99. The third-order valence-corrected chi connectivity index (χ3v) is 3.27. The van der Waals surface area contributed by atoms with E-state index in [-0.39, 0.29) is 0 Å². The van der Waals surface area contributed by atoms with E-state index < -0.39 is 0 Å². The van der Waals surface area contributed by atoms with Gasteiger partial charge in [-0.05, 0) is 23.4 Å². The van der Waals surface area contributed by atoms with Gasteiger partial charge >= 0.3 is 0 Å². The van der Waals surface area contributed by atoms with Gasteiger partial charge in [-0.2, -0.15) is 0 Å². The maximum absolute atomic E-state index is 4.20. The number of nitrogens with one attached hydrogen (secondary N) is 1. The molecule has 0 radical (unpaired) electrons. The van der Waals surface area contributed by atoms with Crippen LogP contribution in [0.1, 0.15) is 6.92 Å². The van der Waals surface area contributed by atoms with Crippen molar-refractivity contribution in [2.75, 3.05) is 18.1 Å². The van der Waals surface area contributed by atoms with Crippen molar-refractivity contribution in [3.05, 3.63) is 36.7 Å². The summed E-state index contributed by atoms with van der Waals surface area (Å²) in [4.78, 5) is 9.71. The molecule has 0 bridgehead atoms. The fraction of sp³-hybridized carbons (Fsp3) is 0.231. The molecule has 17 heavy (non-hydrogen) atoms. The molecule has 0 saturated heterocycles. The molecule has 1 N–H and O–H groups in total. The van der Waals surface area contributed by atoms with Gasteiger partial charge in [0.2, 0.25) is 5.95 Å². The zero-order valence-corrected chi connectivity index (χ0v) is 10.8. The molecule has 0 atom stereocenters. The number of hydrogen-bond donors (Lipinski definition) is 1. The quantitative estimate of drug-likeness (QED) is 0.839. The lowest BCUT2D eigenvalue weighted by molar-refractivity contribution is 1.15. The molecule has 2 aromatic rings. The maximum Gasteiger partial charge on any atom is 0.222 e. The lowest BCUT2D eigenvalue weighted by atomic mass is 10.1. The zero-order chi connectivity index (χ0) is 12.1. The first-order valence-corrected chi connectivity index (χ1v) is 6.55. The summed E-state index contributed by atoms with van der Waals surface area (Å²) < 4.78 is 0. The van der Waals surface area contributed by atoms with Crippen LogP contribution in [0.5, 0.6) is 0 Å². The first-order chi connectivity index (χ1) is 8.33. The molecule has 1 heterocycles. The van der Waals surface area contributed by atoms with Gasteiger partial charge in [0.05, 0.1) is 0 Å². The van der Waals surface area contributed by atoms with Crippen LogP contribution in [0.2, 0.25) is 0 Å². The van der Waals surface area contributed by atoms with Crippen molar-refractivity contribution < 1.29 is 0 Å². The number of nitrogens with zero attached hydrogens (tertiary/aromatic N) is 2. The van der Waals surface area contributed by atoms with E-state index in [4.69, 9.17) is 0 Å². The minimum atomic E-state index is 0.645. The SMILES string of the molecule is CCSc1ccc(-c2cnc(NC)nc2)cc1. The van der Waals surface area contributed by atoms with Gasteiger partial charge in [-0.3, -0.25) is 0 Å². The molecule has 0 amide bonds. The van der Waals surface area contributed by atoms with E-state index in [2.05, 4.69) is 46.5 Å². The van der Waals surface area contributed by atoms with Crippen LogP contribution in [0, 0.1) is 0 Å². The Morgan fingerprint density at radius 3 is 2.24 bits per heavy atom. The normalized spacial score (nSPS) is 10.2. The Bertz CT molecular complexity index is 465. The van der Waals surface area contributed by atoms with E-state index in [1.165, 1.54) is 4.90 Å². The largest absolute Gasteiger partial charge is 0.357 e. The van der Waals surface area contributed by atoms with Crippen LogP contribution in [-0.4, -0.2) is 22.8 Å². The van der Waals surface area contributed by atoms with Crippen LogP contribution >= 0.6 is 11.8 Å². The number of thioether (sulfide) groups is 1. The monoisotopic (exact) mass is 245 g/mol. The average molecular weight is 245 g/mol. The van der Waals surface area contributed by atoms with Crippen LogP contribution < -0.4 is 5.32 Å². The van der Waals surface area contributed by atoms with Gasteiger partial charge in [0.15, 0.2) is 0 Å². The van der Waals surface area contributed by atoms with Gasteiger partial charge in [0, 0.05) is 29.9 Å². The van der Waals surface area contributed by atoms with Gasteiger partial charge in [0.25, 0.3) is 0 Å². The van der Waals surface area contributed by atoms with E-state index >= 15 is 0 Å². The Morgan fingerprint density at radius 1 is 1.06 bits per heavy atom. The predicted octanol–water partition coefficient (Wildman–Crippen LogP) is 3.30. The summed E-state index contributed by atoms with van der Waals surface area (Å²) in [6, 6.07) is 8.48. The first-order valence-electron chi connectivity index (χ1n) is 5.56. The number of anilines is 1. The van der Waals surface area contributed by atoms with E-state index in [1.54, 1.807) is 0 Å². The Kier molecular flexibility index (Phi) is 3.98. The van der Waals surface area contributed by atoms with Crippen molar-refractivity contribution in [2.45, 2.75) is 11.8 Å². The highest BCUT2D eigenvalue weighted by Gasteiger charge is 2.00. The second-order valence-corrected chi connectivity index (χ2v) is 4.84. The first kappa shape index (κ1) is 11.9. The minimum Gasteiger partial charge on any atom is -0.357 e. The van der Waals surface area contributed by atoms with Crippen molar-refractivity contribution in [1.29, 1.82) is 0 Å². The summed E-state index contributed by atoms with van der Waals surface area (Å²) >= 11 is 1.84. The second-order valence-electron chi connectivity index (χ2n) is 3.50. The Labute approximate surface area is 106 Å². The molecule has 0 unspecified atom stereocenters. The van der Waals surface area contributed by atoms with E-state index in [0.717, 1.165) is 16.9 Å². The maximum atomic E-state index is 4.20. The Balaban J connectivity index is 2.20. The summed E-state index contributed by atoms with van der Waals surface area (Å²) in [5.41, 5.74) is 2.19. The van der Waals surface area contributed by atoms with Crippen molar-refractivity contribution in [3.63, 3.8) is 0 Å². The lowest BCUT2D eigenvalue weighted by Gasteiger charge is -2.04. The van der Waals surface area contributed by atoms with Gasteiger partial charge < -0.3 is 5.32 Å². The molecular formula is C13H15N3S. The van der Waals surface area contributed by atoms with E-state index in [9.17, 15) is 0 Å². The van der Waals surface area contributed by atoms with Crippen LogP contribution in [-0.2, 0) is 0 Å². The van der Waals surface area contributed by atoms with Gasteiger partial charge in [0.1, 0.15) is 0 Å². The van der Waals surface area contributed by atoms with Crippen LogP contribution in [0.25, 0.3) is 11.1 Å². The molecule has 3 nitrogen and oxygen atoms in total. The molecule has 4 heteroatoms. The minimum absolute atomic E-state index is 0.645. The number of benzene rings is 1. The van der Waals surface area contributed by atoms with Gasteiger partial charge in [-0.1, -0.05) is 19.1 Å². The van der Waals surface area contributed by atoms with Crippen LogP contribution in [0.4, 0.5) is 5.95 Å². The highest BCUT2D eigenvalue weighted by Crippen LogP contribution is 2.23. The summed E-state index contributed by atoms with van der Waals surface area (Å²) in [6.07, 6.45) is 3.67. The molecule has 0 aliphatic carbocycles. The lowest BCUT2D eigenvalue weighted by Crippen LogP contribution is -1.95. The molecule has 0 aliphatic heterocycles. The van der Waals surface area contributed by atoms with Crippen molar-refractivity contribution in [2.24, 2.45) is 0 Å². The molecule has 88 valence electrons. The van der Waals surface area contributed by atoms with E-state index in [1.807, 2.05) is 31.2 Å².